The maximum absolute atomic E-state index is 12.6. The van der Waals surface area contributed by atoms with Crippen LogP contribution in [0.4, 0.5) is 0 Å². The van der Waals surface area contributed by atoms with Crippen LogP contribution < -0.4 is 5.73 Å². The molecule has 0 spiro atoms. The van der Waals surface area contributed by atoms with Crippen LogP contribution in [-0.2, 0) is 16.1 Å². The monoisotopic (exact) mass is 304 g/mol. The van der Waals surface area contributed by atoms with Gasteiger partial charge in [-0.3, -0.25) is 4.79 Å². The standard InChI is InChI=1S/C18H28N2O2/c1-18(19)11-7-6-10-16(18)17(21)20(2)12-13-22-14-15-8-4-3-5-9-15/h3-5,8-9,16H,6-7,10-14,19H2,1-2H3. The quantitative estimate of drug-likeness (QED) is 0.822. The van der Waals surface area contributed by atoms with E-state index in [-0.39, 0.29) is 17.4 Å². The first-order chi connectivity index (χ1) is 10.5. The smallest absolute Gasteiger partial charge is 0.227 e. The SMILES string of the molecule is CN(CCOCc1ccccc1)C(=O)C1CCCCC1(C)N. The molecule has 0 heterocycles. The van der Waals surface area contributed by atoms with Gasteiger partial charge in [0, 0.05) is 19.1 Å². The van der Waals surface area contributed by atoms with Gasteiger partial charge in [0.05, 0.1) is 19.1 Å². The van der Waals surface area contributed by atoms with Crippen molar-refractivity contribution < 1.29 is 9.53 Å². The van der Waals surface area contributed by atoms with Crippen LogP contribution in [0.1, 0.15) is 38.2 Å². The summed E-state index contributed by atoms with van der Waals surface area (Å²) in [6.45, 7) is 3.75. The van der Waals surface area contributed by atoms with Gasteiger partial charge in [0.2, 0.25) is 5.91 Å². The van der Waals surface area contributed by atoms with E-state index in [0.29, 0.717) is 19.8 Å². The van der Waals surface area contributed by atoms with Crippen LogP contribution >= 0.6 is 0 Å². The lowest BCUT2D eigenvalue weighted by molar-refractivity contribution is -0.138. The third-order valence-electron chi connectivity index (χ3n) is 4.61. The molecule has 22 heavy (non-hydrogen) atoms. The zero-order valence-electron chi connectivity index (χ0n) is 13.8. The number of rotatable bonds is 6. The summed E-state index contributed by atoms with van der Waals surface area (Å²) in [4.78, 5) is 14.3. The number of nitrogens with zero attached hydrogens (tertiary/aromatic N) is 1. The molecule has 4 heteroatoms. The maximum atomic E-state index is 12.6. The van der Waals surface area contributed by atoms with Gasteiger partial charge in [0.25, 0.3) is 0 Å². The highest BCUT2D eigenvalue weighted by Gasteiger charge is 2.38. The van der Waals surface area contributed by atoms with E-state index >= 15 is 0 Å². The average molecular weight is 304 g/mol. The Balaban J connectivity index is 1.74. The number of amides is 1. The van der Waals surface area contributed by atoms with Crippen molar-refractivity contribution in [3.05, 3.63) is 35.9 Å². The van der Waals surface area contributed by atoms with Crippen molar-refractivity contribution in [2.24, 2.45) is 11.7 Å². The van der Waals surface area contributed by atoms with Gasteiger partial charge in [-0.1, -0.05) is 43.2 Å². The van der Waals surface area contributed by atoms with Crippen LogP contribution in [-0.4, -0.2) is 36.5 Å². The molecule has 122 valence electrons. The third kappa shape index (κ3) is 4.55. The Bertz CT molecular complexity index is 473. The predicted octanol–water partition coefficient (Wildman–Crippen LogP) is 2.57. The lowest BCUT2D eigenvalue weighted by Crippen LogP contribution is -2.53. The van der Waals surface area contributed by atoms with Crippen LogP contribution in [0.2, 0.25) is 0 Å². The normalized spacial score (nSPS) is 25.0. The number of carbonyl (C=O) groups excluding carboxylic acids is 1. The highest BCUT2D eigenvalue weighted by atomic mass is 16.5. The molecule has 1 fully saturated rings. The van der Waals surface area contributed by atoms with E-state index in [9.17, 15) is 4.79 Å². The Kier molecular flexibility index (Phi) is 5.98. The molecule has 0 aliphatic heterocycles. The Hall–Kier alpha value is -1.39. The minimum atomic E-state index is -0.367. The zero-order chi connectivity index (χ0) is 16.0. The summed E-state index contributed by atoms with van der Waals surface area (Å²) in [6.07, 6.45) is 4.06. The van der Waals surface area contributed by atoms with Crippen LogP contribution in [0.5, 0.6) is 0 Å². The zero-order valence-corrected chi connectivity index (χ0v) is 13.8. The molecule has 0 saturated heterocycles. The molecule has 1 aromatic carbocycles. The molecule has 2 N–H and O–H groups in total. The molecular formula is C18H28N2O2. The lowest BCUT2D eigenvalue weighted by atomic mass is 9.74. The van der Waals surface area contributed by atoms with Crippen molar-refractivity contribution in [1.29, 1.82) is 0 Å². The first-order valence-corrected chi connectivity index (χ1v) is 8.16. The summed E-state index contributed by atoms with van der Waals surface area (Å²) < 4.78 is 5.65. The van der Waals surface area contributed by atoms with Gasteiger partial charge in [0.1, 0.15) is 0 Å². The molecule has 4 nitrogen and oxygen atoms in total. The fraction of sp³-hybridized carbons (Fsp3) is 0.611. The van der Waals surface area contributed by atoms with Crippen molar-refractivity contribution in [3.63, 3.8) is 0 Å². The fourth-order valence-electron chi connectivity index (χ4n) is 3.11. The number of benzene rings is 1. The molecule has 0 radical (unpaired) electrons. The number of carbonyl (C=O) groups is 1. The van der Waals surface area contributed by atoms with Gasteiger partial charge >= 0.3 is 0 Å². The molecular weight excluding hydrogens is 276 g/mol. The Morgan fingerprint density at radius 1 is 1.36 bits per heavy atom. The van der Waals surface area contributed by atoms with Crippen LogP contribution in [0.15, 0.2) is 30.3 Å². The largest absolute Gasteiger partial charge is 0.375 e. The molecule has 0 aromatic heterocycles. The first kappa shape index (κ1) is 17.0. The van der Waals surface area contributed by atoms with Crippen molar-refractivity contribution in [2.75, 3.05) is 20.2 Å². The highest BCUT2D eigenvalue weighted by molar-refractivity contribution is 5.80. The Morgan fingerprint density at radius 2 is 2.09 bits per heavy atom. The topological polar surface area (TPSA) is 55.6 Å². The molecule has 2 rings (SSSR count). The molecule has 0 bridgehead atoms. The minimum absolute atomic E-state index is 0.0552. The summed E-state index contributed by atoms with van der Waals surface area (Å²) in [6, 6.07) is 10.1. The van der Waals surface area contributed by atoms with Crippen LogP contribution in [0.25, 0.3) is 0 Å². The van der Waals surface area contributed by atoms with Crippen LogP contribution in [0, 0.1) is 5.92 Å². The summed E-state index contributed by atoms with van der Waals surface area (Å²) in [5.74, 6) is 0.105. The van der Waals surface area contributed by atoms with Gasteiger partial charge in [-0.2, -0.15) is 0 Å². The second-order valence-corrected chi connectivity index (χ2v) is 6.60. The van der Waals surface area contributed by atoms with Gasteiger partial charge in [-0.05, 0) is 25.3 Å². The third-order valence-corrected chi connectivity index (χ3v) is 4.61. The second-order valence-electron chi connectivity index (χ2n) is 6.60. The van der Waals surface area contributed by atoms with Gasteiger partial charge in [-0.15, -0.1) is 0 Å². The van der Waals surface area contributed by atoms with E-state index in [0.717, 1.165) is 31.2 Å². The molecule has 1 saturated carbocycles. The van der Waals surface area contributed by atoms with E-state index in [2.05, 4.69) is 0 Å². The summed E-state index contributed by atoms with van der Waals surface area (Å²) in [5.41, 5.74) is 7.10. The van der Waals surface area contributed by atoms with E-state index < -0.39 is 0 Å². The Labute approximate surface area is 133 Å². The molecule has 1 aliphatic rings. The minimum Gasteiger partial charge on any atom is -0.375 e. The van der Waals surface area contributed by atoms with Gasteiger partial charge < -0.3 is 15.4 Å². The summed E-state index contributed by atoms with van der Waals surface area (Å²) in [5, 5.41) is 0. The lowest BCUT2D eigenvalue weighted by Gasteiger charge is -2.39. The van der Waals surface area contributed by atoms with Crippen molar-refractivity contribution in [2.45, 2.75) is 44.8 Å². The predicted molar refractivity (Wildman–Crippen MR) is 88.3 cm³/mol. The maximum Gasteiger partial charge on any atom is 0.227 e. The molecule has 2 unspecified atom stereocenters. The Morgan fingerprint density at radius 3 is 2.77 bits per heavy atom. The van der Waals surface area contributed by atoms with Gasteiger partial charge in [-0.25, -0.2) is 0 Å². The first-order valence-electron chi connectivity index (χ1n) is 8.16. The van der Waals surface area contributed by atoms with Gasteiger partial charge in [0.15, 0.2) is 0 Å². The molecule has 2 atom stereocenters. The number of hydrogen-bond acceptors (Lipinski definition) is 3. The number of likely N-dealkylation sites (N-methyl/N-ethyl adjacent to an activating group) is 1. The molecule has 1 aromatic rings. The fourth-order valence-corrected chi connectivity index (χ4v) is 3.11. The number of hydrogen-bond donors (Lipinski definition) is 1. The van der Waals surface area contributed by atoms with E-state index in [1.807, 2.05) is 44.3 Å². The van der Waals surface area contributed by atoms with Crippen molar-refractivity contribution in [3.8, 4) is 0 Å². The van der Waals surface area contributed by atoms with E-state index in [1.165, 1.54) is 0 Å². The van der Waals surface area contributed by atoms with Crippen molar-refractivity contribution >= 4 is 5.91 Å². The summed E-state index contributed by atoms with van der Waals surface area (Å²) >= 11 is 0. The van der Waals surface area contributed by atoms with E-state index in [1.54, 1.807) is 4.90 Å². The van der Waals surface area contributed by atoms with Crippen molar-refractivity contribution in [1.82, 2.24) is 4.90 Å². The molecule has 1 amide bonds. The number of ether oxygens (including phenoxy) is 1. The average Bonchev–Trinajstić information content (AvgIpc) is 2.51. The van der Waals surface area contributed by atoms with Crippen LogP contribution in [0.3, 0.4) is 0 Å². The molecule has 1 aliphatic carbocycles. The summed E-state index contributed by atoms with van der Waals surface area (Å²) in [7, 11) is 1.85. The number of nitrogens with two attached hydrogens (primary N) is 1. The highest BCUT2D eigenvalue weighted by Crippen LogP contribution is 2.32. The van der Waals surface area contributed by atoms with E-state index in [4.69, 9.17) is 10.5 Å². The second kappa shape index (κ2) is 7.75.